The Bertz CT molecular complexity index is 564. The molecule has 0 saturated heterocycles. The molecule has 1 saturated carbocycles. The Labute approximate surface area is 121 Å². The molecule has 0 bridgehead atoms. The van der Waals surface area contributed by atoms with E-state index in [0.29, 0.717) is 5.92 Å². The fourth-order valence-electron chi connectivity index (χ4n) is 3.43. The zero-order chi connectivity index (χ0) is 13.9. The van der Waals surface area contributed by atoms with Gasteiger partial charge >= 0.3 is 0 Å². The van der Waals surface area contributed by atoms with Crippen LogP contribution in [0, 0.1) is 12.8 Å². The lowest BCUT2D eigenvalue weighted by molar-refractivity contribution is 0.301. The summed E-state index contributed by atoms with van der Waals surface area (Å²) in [5, 5.41) is 1.18. The second-order valence-corrected chi connectivity index (χ2v) is 6.32. The lowest BCUT2D eigenvalue weighted by Crippen LogP contribution is -2.21. The summed E-state index contributed by atoms with van der Waals surface area (Å²) in [5.41, 5.74) is 8.73. The average molecular weight is 271 g/mol. The Morgan fingerprint density at radius 3 is 2.50 bits per heavy atom. The van der Waals surface area contributed by atoms with Crippen LogP contribution in [-0.2, 0) is 0 Å². The number of benzene rings is 1. The van der Waals surface area contributed by atoms with Crippen LogP contribution in [0.5, 0.6) is 0 Å². The van der Waals surface area contributed by atoms with Gasteiger partial charge < -0.3 is 10.2 Å². The molecule has 2 nitrogen and oxygen atoms in total. The van der Waals surface area contributed by atoms with Crippen molar-refractivity contribution in [3.05, 3.63) is 35.6 Å². The maximum atomic E-state index is 6.50. The Morgan fingerprint density at radius 2 is 1.75 bits per heavy atom. The maximum absolute atomic E-state index is 6.50. The van der Waals surface area contributed by atoms with Crippen molar-refractivity contribution in [1.82, 2.24) is 0 Å². The van der Waals surface area contributed by atoms with Crippen LogP contribution in [0.4, 0.5) is 0 Å². The van der Waals surface area contributed by atoms with E-state index in [-0.39, 0.29) is 6.04 Å². The molecule has 2 aromatic rings. The molecule has 2 N–H and O–H groups in total. The summed E-state index contributed by atoms with van der Waals surface area (Å²) in [7, 11) is 0. The Balaban J connectivity index is 1.81. The van der Waals surface area contributed by atoms with Crippen LogP contribution in [-0.4, -0.2) is 0 Å². The van der Waals surface area contributed by atoms with E-state index in [0.717, 1.165) is 11.3 Å². The van der Waals surface area contributed by atoms with Gasteiger partial charge in [-0.05, 0) is 43.9 Å². The SMILES string of the molecule is Cc1ccc2oc(C(N)C3CCCCCCC3)cc2c1. The minimum absolute atomic E-state index is 0.0563. The van der Waals surface area contributed by atoms with Crippen molar-refractivity contribution in [3.63, 3.8) is 0 Å². The number of aryl methyl sites for hydroxylation is 1. The van der Waals surface area contributed by atoms with Crippen molar-refractivity contribution < 1.29 is 4.42 Å². The van der Waals surface area contributed by atoms with Crippen molar-refractivity contribution in [2.45, 2.75) is 57.9 Å². The second-order valence-electron chi connectivity index (χ2n) is 6.32. The second kappa shape index (κ2) is 6.01. The van der Waals surface area contributed by atoms with Gasteiger partial charge in [0.2, 0.25) is 0 Å². The van der Waals surface area contributed by atoms with Crippen LogP contribution in [0.2, 0.25) is 0 Å². The fraction of sp³-hybridized carbons (Fsp3) is 0.556. The fourth-order valence-corrected chi connectivity index (χ4v) is 3.43. The Hall–Kier alpha value is -1.28. The number of fused-ring (bicyclic) bond motifs is 1. The van der Waals surface area contributed by atoms with Gasteiger partial charge in [-0.15, -0.1) is 0 Å². The summed E-state index contributed by atoms with van der Waals surface area (Å²) in [6.07, 6.45) is 9.25. The Morgan fingerprint density at radius 1 is 1.05 bits per heavy atom. The van der Waals surface area contributed by atoms with E-state index < -0.39 is 0 Å². The lowest BCUT2D eigenvalue weighted by atomic mass is 9.85. The van der Waals surface area contributed by atoms with Crippen molar-refractivity contribution >= 4 is 11.0 Å². The zero-order valence-corrected chi connectivity index (χ0v) is 12.4. The molecule has 0 spiro atoms. The molecule has 1 fully saturated rings. The van der Waals surface area contributed by atoms with E-state index in [4.69, 9.17) is 10.2 Å². The molecule has 1 aliphatic carbocycles. The molecule has 2 heteroatoms. The molecule has 1 aromatic heterocycles. The molecular weight excluding hydrogens is 246 g/mol. The molecule has 1 heterocycles. The normalized spacial score (nSPS) is 19.7. The molecule has 0 aliphatic heterocycles. The molecule has 0 amide bonds. The molecule has 1 aromatic carbocycles. The van der Waals surface area contributed by atoms with Gasteiger partial charge in [0, 0.05) is 5.39 Å². The minimum atomic E-state index is 0.0563. The predicted molar refractivity (Wildman–Crippen MR) is 83.7 cm³/mol. The number of rotatable bonds is 2. The molecule has 1 aliphatic rings. The van der Waals surface area contributed by atoms with E-state index >= 15 is 0 Å². The minimum Gasteiger partial charge on any atom is -0.459 e. The lowest BCUT2D eigenvalue weighted by Gasteiger charge is -2.24. The van der Waals surface area contributed by atoms with E-state index in [1.54, 1.807) is 0 Å². The van der Waals surface area contributed by atoms with Crippen LogP contribution in [0.3, 0.4) is 0 Å². The van der Waals surface area contributed by atoms with Crippen LogP contribution < -0.4 is 5.73 Å². The first kappa shape index (κ1) is 13.7. The number of hydrogen-bond donors (Lipinski definition) is 1. The molecule has 1 atom stereocenters. The van der Waals surface area contributed by atoms with Crippen LogP contribution in [0.25, 0.3) is 11.0 Å². The monoisotopic (exact) mass is 271 g/mol. The topological polar surface area (TPSA) is 39.2 Å². The van der Waals surface area contributed by atoms with Crippen LogP contribution >= 0.6 is 0 Å². The summed E-state index contributed by atoms with van der Waals surface area (Å²) in [4.78, 5) is 0. The predicted octanol–water partition coefficient (Wildman–Crippen LogP) is 5.10. The maximum Gasteiger partial charge on any atom is 0.134 e. The molecule has 3 rings (SSSR count). The highest BCUT2D eigenvalue weighted by Crippen LogP contribution is 2.34. The first-order chi connectivity index (χ1) is 9.74. The van der Waals surface area contributed by atoms with E-state index in [2.05, 4.69) is 31.2 Å². The quantitative estimate of drug-likeness (QED) is 0.825. The smallest absolute Gasteiger partial charge is 0.134 e. The standard InChI is InChI=1S/C18H25NO/c1-13-9-10-16-15(11-13)12-17(20-16)18(19)14-7-5-3-2-4-6-8-14/h9-12,14,18H,2-8,19H2,1H3. The molecule has 0 radical (unpaired) electrons. The van der Waals surface area contributed by atoms with Gasteiger partial charge in [0.25, 0.3) is 0 Å². The summed E-state index contributed by atoms with van der Waals surface area (Å²) in [6, 6.07) is 8.52. The van der Waals surface area contributed by atoms with Crippen molar-refractivity contribution in [1.29, 1.82) is 0 Å². The number of furan rings is 1. The van der Waals surface area contributed by atoms with Crippen LogP contribution in [0.1, 0.15) is 62.3 Å². The van der Waals surface area contributed by atoms with E-state index in [1.807, 2.05) is 0 Å². The van der Waals surface area contributed by atoms with Gasteiger partial charge in [-0.1, -0.05) is 43.7 Å². The zero-order valence-electron chi connectivity index (χ0n) is 12.4. The van der Waals surface area contributed by atoms with E-state index in [9.17, 15) is 0 Å². The van der Waals surface area contributed by atoms with Gasteiger partial charge in [-0.25, -0.2) is 0 Å². The summed E-state index contributed by atoms with van der Waals surface area (Å²) in [6.45, 7) is 2.11. The summed E-state index contributed by atoms with van der Waals surface area (Å²) in [5.74, 6) is 1.55. The highest BCUT2D eigenvalue weighted by atomic mass is 16.3. The molecule has 1 unspecified atom stereocenters. The summed E-state index contributed by atoms with van der Waals surface area (Å²) >= 11 is 0. The van der Waals surface area contributed by atoms with Gasteiger partial charge in [0.05, 0.1) is 6.04 Å². The van der Waals surface area contributed by atoms with Gasteiger partial charge in [-0.2, -0.15) is 0 Å². The third kappa shape index (κ3) is 2.90. The van der Waals surface area contributed by atoms with Gasteiger partial charge in [-0.3, -0.25) is 0 Å². The van der Waals surface area contributed by atoms with Gasteiger partial charge in [0.1, 0.15) is 11.3 Å². The highest BCUT2D eigenvalue weighted by molar-refractivity contribution is 5.78. The third-order valence-corrected chi connectivity index (χ3v) is 4.68. The van der Waals surface area contributed by atoms with Gasteiger partial charge in [0.15, 0.2) is 0 Å². The summed E-state index contributed by atoms with van der Waals surface area (Å²) < 4.78 is 5.99. The molecular formula is C18H25NO. The first-order valence-electron chi connectivity index (χ1n) is 8.00. The Kier molecular flexibility index (Phi) is 4.11. The first-order valence-corrected chi connectivity index (χ1v) is 8.00. The highest BCUT2D eigenvalue weighted by Gasteiger charge is 2.23. The number of hydrogen-bond acceptors (Lipinski definition) is 2. The molecule has 20 heavy (non-hydrogen) atoms. The average Bonchev–Trinajstić information content (AvgIpc) is 2.80. The van der Waals surface area contributed by atoms with Crippen molar-refractivity contribution in [2.75, 3.05) is 0 Å². The van der Waals surface area contributed by atoms with Crippen LogP contribution in [0.15, 0.2) is 28.7 Å². The number of nitrogens with two attached hydrogens (primary N) is 1. The third-order valence-electron chi connectivity index (χ3n) is 4.68. The van der Waals surface area contributed by atoms with E-state index in [1.165, 1.54) is 55.9 Å². The largest absolute Gasteiger partial charge is 0.459 e. The van der Waals surface area contributed by atoms with Crippen molar-refractivity contribution in [2.24, 2.45) is 11.7 Å². The van der Waals surface area contributed by atoms with Crippen molar-refractivity contribution in [3.8, 4) is 0 Å². The molecule has 108 valence electrons.